The molecule has 4 rings (SSSR count). The second-order valence-electron chi connectivity index (χ2n) is 5.48. The molecule has 4 nitrogen and oxygen atoms in total. The van der Waals surface area contributed by atoms with Crippen LogP contribution in [0.5, 0.6) is 0 Å². The maximum atomic E-state index is 12.6. The third-order valence-corrected chi connectivity index (χ3v) is 5.19. The van der Waals surface area contributed by atoms with Crippen LogP contribution in [0.4, 0.5) is 0 Å². The van der Waals surface area contributed by atoms with Crippen molar-refractivity contribution in [2.24, 2.45) is 4.99 Å². The molecule has 5 heteroatoms. The van der Waals surface area contributed by atoms with Crippen molar-refractivity contribution in [3.05, 3.63) is 35.2 Å². The number of fused-ring (bicyclic) bond motifs is 1. The van der Waals surface area contributed by atoms with E-state index >= 15 is 0 Å². The van der Waals surface area contributed by atoms with Crippen LogP contribution >= 0.6 is 11.3 Å². The summed E-state index contributed by atoms with van der Waals surface area (Å²) in [5, 5.41) is 3.26. The molecule has 1 amide bonds. The van der Waals surface area contributed by atoms with Crippen LogP contribution in [0.1, 0.15) is 24.5 Å². The molecular formula is C16H16N2O2S. The molecule has 2 aromatic rings. The second kappa shape index (κ2) is 5.15. The van der Waals surface area contributed by atoms with Gasteiger partial charge >= 0.3 is 0 Å². The maximum Gasteiger partial charge on any atom is 0.251 e. The molecule has 0 bridgehead atoms. The Morgan fingerprint density at radius 1 is 1.29 bits per heavy atom. The molecule has 2 aliphatic rings. The normalized spacial score (nSPS) is 24.7. The third kappa shape index (κ3) is 2.12. The van der Waals surface area contributed by atoms with Gasteiger partial charge in [-0.15, -0.1) is 11.3 Å². The summed E-state index contributed by atoms with van der Waals surface area (Å²) in [4.78, 5) is 18.8. The van der Waals surface area contributed by atoms with Gasteiger partial charge in [-0.05, 0) is 29.7 Å². The molecule has 21 heavy (non-hydrogen) atoms. The van der Waals surface area contributed by atoms with Crippen LogP contribution in [0.3, 0.4) is 0 Å². The van der Waals surface area contributed by atoms with E-state index in [1.807, 2.05) is 17.0 Å². The number of nitrogens with zero attached hydrogens (tertiary/aromatic N) is 2. The summed E-state index contributed by atoms with van der Waals surface area (Å²) in [6, 6.07) is 7.80. The van der Waals surface area contributed by atoms with E-state index < -0.39 is 6.04 Å². The molecule has 108 valence electrons. The van der Waals surface area contributed by atoms with Crippen LogP contribution in [0.2, 0.25) is 0 Å². The standard InChI is InChI=1S/C16H16N2O2S/c19-16(18-7-3-4-8-18)14-15(20-10-17-14)12-9-21-13-6-2-1-5-11(12)13/h1-2,5-6,9-10,14-15H,3-4,7-8H2. The van der Waals surface area contributed by atoms with Crippen LogP contribution in [0, 0.1) is 0 Å². The van der Waals surface area contributed by atoms with Crippen molar-refractivity contribution in [1.82, 2.24) is 4.90 Å². The SMILES string of the molecule is O=C(C1N=COC1c1csc2ccccc12)N1CCCC1. The van der Waals surface area contributed by atoms with Gasteiger partial charge in [0.25, 0.3) is 5.91 Å². The minimum atomic E-state index is -0.430. The number of amides is 1. The van der Waals surface area contributed by atoms with E-state index in [9.17, 15) is 4.79 Å². The first-order valence-electron chi connectivity index (χ1n) is 7.26. The number of ether oxygens (including phenoxy) is 1. The Kier molecular flexibility index (Phi) is 3.15. The largest absolute Gasteiger partial charge is 0.473 e. The van der Waals surface area contributed by atoms with E-state index in [0.29, 0.717) is 0 Å². The topological polar surface area (TPSA) is 41.9 Å². The highest BCUT2D eigenvalue weighted by Crippen LogP contribution is 2.36. The van der Waals surface area contributed by atoms with Crippen molar-refractivity contribution in [2.45, 2.75) is 25.0 Å². The van der Waals surface area contributed by atoms with Crippen LogP contribution in [-0.2, 0) is 9.53 Å². The number of aliphatic imine (C=N–C) groups is 1. The van der Waals surface area contributed by atoms with Gasteiger partial charge in [-0.2, -0.15) is 0 Å². The Morgan fingerprint density at radius 3 is 2.95 bits per heavy atom. The zero-order valence-electron chi connectivity index (χ0n) is 11.6. The first-order valence-corrected chi connectivity index (χ1v) is 8.14. The van der Waals surface area contributed by atoms with Crippen molar-refractivity contribution < 1.29 is 9.53 Å². The number of hydrogen-bond acceptors (Lipinski definition) is 4. The lowest BCUT2D eigenvalue weighted by atomic mass is 10.0. The second-order valence-corrected chi connectivity index (χ2v) is 6.39. The van der Waals surface area contributed by atoms with Gasteiger partial charge in [-0.3, -0.25) is 4.79 Å². The lowest BCUT2D eigenvalue weighted by Crippen LogP contribution is -2.38. The van der Waals surface area contributed by atoms with Gasteiger partial charge in [0.05, 0.1) is 0 Å². The van der Waals surface area contributed by atoms with Crippen LogP contribution in [0.15, 0.2) is 34.6 Å². The summed E-state index contributed by atoms with van der Waals surface area (Å²) >= 11 is 1.69. The first-order chi connectivity index (χ1) is 10.3. The summed E-state index contributed by atoms with van der Waals surface area (Å²) in [5.41, 5.74) is 1.07. The number of carbonyl (C=O) groups excluding carboxylic acids is 1. The Morgan fingerprint density at radius 2 is 2.10 bits per heavy atom. The highest BCUT2D eigenvalue weighted by Gasteiger charge is 2.38. The third-order valence-electron chi connectivity index (χ3n) is 4.20. The fourth-order valence-corrected chi connectivity index (χ4v) is 4.08. The van der Waals surface area contributed by atoms with Crippen molar-refractivity contribution in [3.8, 4) is 0 Å². The number of thiophene rings is 1. The van der Waals surface area contributed by atoms with E-state index in [-0.39, 0.29) is 12.0 Å². The highest BCUT2D eigenvalue weighted by molar-refractivity contribution is 7.17. The van der Waals surface area contributed by atoms with Gasteiger partial charge in [-0.25, -0.2) is 4.99 Å². The van der Waals surface area contributed by atoms with E-state index in [1.165, 1.54) is 11.1 Å². The van der Waals surface area contributed by atoms with Crippen LogP contribution in [-0.4, -0.2) is 36.3 Å². The average molecular weight is 300 g/mol. The predicted octanol–water partition coefficient (Wildman–Crippen LogP) is 2.99. The van der Waals surface area contributed by atoms with Gasteiger partial charge < -0.3 is 9.64 Å². The molecule has 1 aromatic heterocycles. The quantitative estimate of drug-likeness (QED) is 0.855. The smallest absolute Gasteiger partial charge is 0.251 e. The molecule has 2 aliphatic heterocycles. The van der Waals surface area contributed by atoms with Gasteiger partial charge in [0.2, 0.25) is 0 Å². The summed E-state index contributed by atoms with van der Waals surface area (Å²) in [6.45, 7) is 1.70. The molecular weight excluding hydrogens is 284 g/mol. The van der Waals surface area contributed by atoms with E-state index in [1.54, 1.807) is 11.3 Å². The summed E-state index contributed by atoms with van der Waals surface area (Å²) < 4.78 is 6.88. The minimum absolute atomic E-state index is 0.0986. The van der Waals surface area contributed by atoms with Crippen molar-refractivity contribution in [1.29, 1.82) is 0 Å². The van der Waals surface area contributed by atoms with Gasteiger partial charge in [-0.1, -0.05) is 18.2 Å². The Labute approximate surface area is 127 Å². The first kappa shape index (κ1) is 12.8. The van der Waals surface area contributed by atoms with Gasteiger partial charge in [0.1, 0.15) is 0 Å². The molecule has 3 heterocycles. The number of benzene rings is 1. The number of likely N-dealkylation sites (tertiary alicyclic amines) is 1. The fourth-order valence-electron chi connectivity index (χ4n) is 3.10. The number of carbonyl (C=O) groups is 1. The minimum Gasteiger partial charge on any atom is -0.473 e. The molecule has 0 radical (unpaired) electrons. The summed E-state index contributed by atoms with van der Waals surface area (Å²) in [5.74, 6) is 0.0986. The predicted molar refractivity (Wildman–Crippen MR) is 83.7 cm³/mol. The Hall–Kier alpha value is -1.88. The van der Waals surface area contributed by atoms with Crippen molar-refractivity contribution >= 4 is 33.7 Å². The monoisotopic (exact) mass is 300 g/mol. The molecule has 0 aliphatic carbocycles. The van der Waals surface area contributed by atoms with E-state index in [0.717, 1.165) is 36.9 Å². The Balaban J connectivity index is 1.66. The lowest BCUT2D eigenvalue weighted by molar-refractivity contribution is -0.133. The number of rotatable bonds is 2. The maximum absolute atomic E-state index is 12.6. The highest BCUT2D eigenvalue weighted by atomic mass is 32.1. The summed E-state index contributed by atoms with van der Waals surface area (Å²) in [6.07, 6.45) is 3.34. The number of hydrogen-bond donors (Lipinski definition) is 0. The molecule has 1 aromatic carbocycles. The molecule has 2 unspecified atom stereocenters. The molecule has 1 saturated heterocycles. The molecule has 0 N–H and O–H groups in total. The summed E-state index contributed by atoms with van der Waals surface area (Å²) in [7, 11) is 0. The zero-order valence-corrected chi connectivity index (χ0v) is 12.4. The van der Waals surface area contributed by atoms with E-state index in [4.69, 9.17) is 4.74 Å². The molecule has 2 atom stereocenters. The Bertz CT molecular complexity index is 703. The lowest BCUT2D eigenvalue weighted by Gasteiger charge is -2.22. The van der Waals surface area contributed by atoms with Crippen LogP contribution in [0.25, 0.3) is 10.1 Å². The fraction of sp³-hybridized carbons (Fsp3) is 0.375. The van der Waals surface area contributed by atoms with E-state index in [2.05, 4.69) is 22.5 Å². The van der Waals surface area contributed by atoms with Crippen molar-refractivity contribution in [2.75, 3.05) is 13.1 Å². The zero-order chi connectivity index (χ0) is 14.2. The molecule has 1 fully saturated rings. The molecule has 0 saturated carbocycles. The van der Waals surface area contributed by atoms with Gasteiger partial charge in [0, 0.05) is 23.4 Å². The molecule has 0 spiro atoms. The average Bonchev–Trinajstić information content (AvgIpc) is 3.25. The van der Waals surface area contributed by atoms with Gasteiger partial charge in [0.15, 0.2) is 18.5 Å². The van der Waals surface area contributed by atoms with Crippen LogP contribution < -0.4 is 0 Å². The van der Waals surface area contributed by atoms with Crippen molar-refractivity contribution in [3.63, 3.8) is 0 Å².